The maximum Gasteiger partial charge on any atom is 0.278 e. The number of carbonyl (C=O) groups excluding carboxylic acids is 2. The van der Waals surface area contributed by atoms with Gasteiger partial charge < -0.3 is 10.6 Å². The van der Waals surface area contributed by atoms with Crippen molar-refractivity contribution in [2.24, 2.45) is 0 Å². The summed E-state index contributed by atoms with van der Waals surface area (Å²) in [5, 5.41) is 5.84. The van der Waals surface area contributed by atoms with Gasteiger partial charge in [0.2, 0.25) is 11.8 Å². The molecule has 0 aliphatic heterocycles. The fraction of sp³-hybridized carbons (Fsp3) is 0.241. The number of rotatable bonds is 8. The first-order chi connectivity index (χ1) is 17.5. The highest BCUT2D eigenvalue weighted by molar-refractivity contribution is 5.96. The molecule has 2 amide bonds. The van der Waals surface area contributed by atoms with E-state index in [-0.39, 0.29) is 17.5 Å². The Morgan fingerprint density at radius 3 is 2.42 bits per heavy atom. The first kappa shape index (κ1) is 24.9. The standard InChI is InChI=1S/C29H30N4O3/c1-4-19-12-11-13-20(18-19)30-28(35)24(5-2)33-25-17-10-9-16-23(25)32-27(29(33)36)21-14-7-8-15-22(21)31-26(34)6-3/h7-18,24H,4-6H2,1-3H3,(H,30,35)(H,31,34)/t24-/m0/s1. The molecule has 1 atom stereocenters. The topological polar surface area (TPSA) is 93.1 Å². The molecule has 36 heavy (non-hydrogen) atoms. The largest absolute Gasteiger partial charge is 0.325 e. The second kappa shape index (κ2) is 11.0. The van der Waals surface area contributed by atoms with E-state index in [0.29, 0.717) is 40.8 Å². The van der Waals surface area contributed by atoms with Gasteiger partial charge in [-0.05, 0) is 48.7 Å². The fourth-order valence-electron chi connectivity index (χ4n) is 4.26. The van der Waals surface area contributed by atoms with Crippen LogP contribution in [0.1, 0.15) is 45.2 Å². The Labute approximate surface area is 210 Å². The first-order valence-corrected chi connectivity index (χ1v) is 12.3. The highest BCUT2D eigenvalue weighted by atomic mass is 16.2. The third kappa shape index (κ3) is 5.05. The monoisotopic (exact) mass is 482 g/mol. The predicted octanol–water partition coefficient (Wildman–Crippen LogP) is 5.56. The number of hydrogen-bond acceptors (Lipinski definition) is 4. The first-order valence-electron chi connectivity index (χ1n) is 12.3. The van der Waals surface area contributed by atoms with Crippen molar-refractivity contribution < 1.29 is 9.59 Å². The number of amides is 2. The number of nitrogens with zero attached hydrogens (tertiary/aromatic N) is 2. The van der Waals surface area contributed by atoms with Crippen LogP contribution in [0.4, 0.5) is 11.4 Å². The number of aromatic nitrogens is 2. The van der Waals surface area contributed by atoms with Crippen LogP contribution in [0.5, 0.6) is 0 Å². The van der Waals surface area contributed by atoms with Crippen molar-refractivity contribution in [2.45, 2.75) is 46.1 Å². The minimum atomic E-state index is -0.758. The van der Waals surface area contributed by atoms with E-state index < -0.39 is 11.6 Å². The zero-order valence-corrected chi connectivity index (χ0v) is 20.7. The molecule has 0 aliphatic rings. The van der Waals surface area contributed by atoms with E-state index in [9.17, 15) is 14.4 Å². The Hall–Kier alpha value is -4.26. The summed E-state index contributed by atoms with van der Waals surface area (Å²) in [4.78, 5) is 44.2. The second-order valence-electron chi connectivity index (χ2n) is 8.54. The summed E-state index contributed by atoms with van der Waals surface area (Å²) in [6.45, 7) is 5.70. The van der Waals surface area contributed by atoms with Gasteiger partial charge in [-0.25, -0.2) is 4.98 Å². The van der Waals surface area contributed by atoms with Crippen LogP contribution in [0.25, 0.3) is 22.3 Å². The molecule has 4 rings (SSSR count). The molecule has 7 heteroatoms. The quantitative estimate of drug-likeness (QED) is 0.344. The number of aryl methyl sites for hydroxylation is 1. The molecule has 0 unspecified atom stereocenters. The fourth-order valence-corrected chi connectivity index (χ4v) is 4.26. The summed E-state index contributed by atoms with van der Waals surface area (Å²) >= 11 is 0. The zero-order chi connectivity index (χ0) is 25.7. The molecule has 184 valence electrons. The Bertz CT molecular complexity index is 1480. The van der Waals surface area contributed by atoms with E-state index >= 15 is 0 Å². The van der Waals surface area contributed by atoms with E-state index in [2.05, 4.69) is 22.5 Å². The summed E-state index contributed by atoms with van der Waals surface area (Å²) in [5.74, 6) is -0.439. The molecule has 2 N–H and O–H groups in total. The highest BCUT2D eigenvalue weighted by Gasteiger charge is 2.25. The van der Waals surface area contributed by atoms with Crippen LogP contribution in [-0.4, -0.2) is 21.4 Å². The minimum absolute atomic E-state index is 0.163. The molecule has 0 saturated carbocycles. The average Bonchev–Trinajstić information content (AvgIpc) is 2.90. The van der Waals surface area contributed by atoms with Gasteiger partial charge in [0, 0.05) is 17.7 Å². The molecule has 7 nitrogen and oxygen atoms in total. The zero-order valence-electron chi connectivity index (χ0n) is 20.7. The summed E-state index contributed by atoms with van der Waals surface area (Å²) in [6, 6.07) is 21.3. The van der Waals surface area contributed by atoms with Crippen LogP contribution in [-0.2, 0) is 16.0 Å². The van der Waals surface area contributed by atoms with Gasteiger partial charge >= 0.3 is 0 Å². The van der Waals surface area contributed by atoms with E-state index in [4.69, 9.17) is 0 Å². The second-order valence-corrected chi connectivity index (χ2v) is 8.54. The molecule has 1 heterocycles. The van der Waals surface area contributed by atoms with Crippen LogP contribution in [0.15, 0.2) is 77.6 Å². The van der Waals surface area contributed by atoms with Gasteiger partial charge in [-0.1, -0.05) is 63.2 Å². The van der Waals surface area contributed by atoms with E-state index in [1.54, 1.807) is 37.3 Å². The lowest BCUT2D eigenvalue weighted by Gasteiger charge is -2.21. The van der Waals surface area contributed by atoms with Crippen molar-refractivity contribution in [3.63, 3.8) is 0 Å². The molecule has 0 aliphatic carbocycles. The van der Waals surface area contributed by atoms with Gasteiger partial charge in [-0.2, -0.15) is 0 Å². The number of para-hydroxylation sites is 3. The summed E-state index contributed by atoms with van der Waals surface area (Å²) in [6.07, 6.45) is 1.56. The van der Waals surface area contributed by atoms with E-state index in [1.165, 1.54) is 4.57 Å². The Balaban J connectivity index is 1.85. The number of carbonyl (C=O) groups is 2. The Kier molecular flexibility index (Phi) is 7.59. The molecule has 0 fully saturated rings. The van der Waals surface area contributed by atoms with Gasteiger partial charge in [-0.3, -0.25) is 19.0 Å². The van der Waals surface area contributed by atoms with Gasteiger partial charge in [0.15, 0.2) is 0 Å². The van der Waals surface area contributed by atoms with E-state index in [1.807, 2.05) is 49.4 Å². The maximum absolute atomic E-state index is 14.0. The molecule has 0 bridgehead atoms. The summed E-state index contributed by atoms with van der Waals surface area (Å²) < 4.78 is 1.52. The van der Waals surface area contributed by atoms with Crippen molar-refractivity contribution in [1.82, 2.24) is 9.55 Å². The Morgan fingerprint density at radius 1 is 0.917 bits per heavy atom. The molecular formula is C29H30N4O3. The molecule has 0 spiro atoms. The lowest BCUT2D eigenvalue weighted by molar-refractivity contribution is -0.119. The molecule has 4 aromatic rings. The van der Waals surface area contributed by atoms with Crippen molar-refractivity contribution in [1.29, 1.82) is 0 Å². The van der Waals surface area contributed by atoms with Crippen molar-refractivity contribution in [2.75, 3.05) is 10.6 Å². The third-order valence-electron chi connectivity index (χ3n) is 6.18. The number of fused-ring (bicyclic) bond motifs is 1. The number of nitrogens with one attached hydrogen (secondary N) is 2. The van der Waals surface area contributed by atoms with E-state index in [0.717, 1.165) is 12.0 Å². The van der Waals surface area contributed by atoms with Gasteiger partial charge in [0.05, 0.1) is 16.7 Å². The molecule has 0 saturated heterocycles. The smallest absolute Gasteiger partial charge is 0.278 e. The van der Waals surface area contributed by atoms with Gasteiger partial charge in [0.25, 0.3) is 5.56 Å². The van der Waals surface area contributed by atoms with Crippen molar-refractivity contribution in [3.05, 3.63) is 88.7 Å². The third-order valence-corrected chi connectivity index (χ3v) is 6.18. The van der Waals surface area contributed by atoms with Crippen molar-refractivity contribution >= 4 is 34.2 Å². The SMILES string of the molecule is CCC(=O)Nc1ccccc1-c1nc2ccccc2n([C@@H](CC)C(=O)Nc2cccc(CC)c2)c1=O. The Morgan fingerprint density at radius 2 is 1.67 bits per heavy atom. The maximum atomic E-state index is 14.0. The number of hydrogen-bond donors (Lipinski definition) is 2. The van der Waals surface area contributed by atoms with Crippen LogP contribution in [0, 0.1) is 0 Å². The van der Waals surface area contributed by atoms with Crippen LogP contribution >= 0.6 is 0 Å². The normalized spacial score (nSPS) is 11.8. The highest BCUT2D eigenvalue weighted by Crippen LogP contribution is 2.28. The van der Waals surface area contributed by atoms with Gasteiger partial charge in [0.1, 0.15) is 11.7 Å². The summed E-state index contributed by atoms with van der Waals surface area (Å²) in [5.41, 5.74) is 3.77. The molecular weight excluding hydrogens is 452 g/mol. The summed E-state index contributed by atoms with van der Waals surface area (Å²) in [7, 11) is 0. The predicted molar refractivity (Wildman–Crippen MR) is 144 cm³/mol. The van der Waals surface area contributed by atoms with Crippen LogP contribution < -0.4 is 16.2 Å². The number of anilines is 2. The molecule has 3 aromatic carbocycles. The number of benzene rings is 3. The minimum Gasteiger partial charge on any atom is -0.325 e. The lowest BCUT2D eigenvalue weighted by Crippen LogP contribution is -2.34. The molecule has 0 radical (unpaired) electrons. The van der Waals surface area contributed by atoms with Gasteiger partial charge in [-0.15, -0.1) is 0 Å². The molecule has 1 aromatic heterocycles. The van der Waals surface area contributed by atoms with Crippen LogP contribution in [0.2, 0.25) is 0 Å². The van der Waals surface area contributed by atoms with Crippen molar-refractivity contribution in [3.8, 4) is 11.3 Å². The average molecular weight is 483 g/mol. The van der Waals surface area contributed by atoms with Crippen LogP contribution in [0.3, 0.4) is 0 Å². The lowest BCUT2D eigenvalue weighted by atomic mass is 10.1.